The van der Waals surface area contributed by atoms with Gasteiger partial charge in [0, 0.05) is 25.2 Å². The van der Waals surface area contributed by atoms with E-state index in [1.807, 2.05) is 7.05 Å². The number of aliphatic hydroxyl groups excluding tert-OH is 1. The molecule has 0 aliphatic heterocycles. The first-order chi connectivity index (χ1) is 15.3. The lowest BCUT2D eigenvalue weighted by Crippen LogP contribution is -2.18. The van der Waals surface area contributed by atoms with Gasteiger partial charge in [-0.2, -0.15) is 0 Å². The Morgan fingerprint density at radius 1 is 1.13 bits per heavy atom. The van der Waals surface area contributed by atoms with Gasteiger partial charge < -0.3 is 20.3 Å². The van der Waals surface area contributed by atoms with Crippen molar-refractivity contribution in [3.8, 4) is 0 Å². The zero-order chi connectivity index (χ0) is 21.5. The Morgan fingerprint density at radius 2 is 2.00 bits per heavy atom. The van der Waals surface area contributed by atoms with Gasteiger partial charge in [0.15, 0.2) is 0 Å². The predicted octanol–water partition coefficient (Wildman–Crippen LogP) is 3.95. The molecule has 164 valence electrons. The van der Waals surface area contributed by atoms with Gasteiger partial charge in [-0.25, -0.2) is 9.97 Å². The number of hydrogen-bond donors (Lipinski definition) is 3. The maximum Gasteiger partial charge on any atom is 0.145 e. The van der Waals surface area contributed by atoms with E-state index < -0.39 is 0 Å². The third-order valence-corrected chi connectivity index (χ3v) is 6.23. The van der Waals surface area contributed by atoms with E-state index >= 15 is 0 Å². The Hall–Kier alpha value is -2.70. The standard InChI is InChI=1S/C25H33N5O/c1-26-24-22-12-15-30(25(22)29-18-28-24)21-16-20(23(31)17-21)10-6-3-7-13-27-14-11-19-8-4-2-5-9-19/h2,4-6,8-10,12,15,18,20-21,23,27,31H,3,7,11,13-14,16-17H2,1H3,(H,26,28,29)/b10-6+/t20-,21+,23-/m0/s1. The molecule has 0 radical (unpaired) electrons. The summed E-state index contributed by atoms with van der Waals surface area (Å²) in [4.78, 5) is 8.77. The number of anilines is 1. The van der Waals surface area contributed by atoms with Crippen molar-refractivity contribution >= 4 is 16.9 Å². The van der Waals surface area contributed by atoms with E-state index in [1.54, 1.807) is 6.33 Å². The topological polar surface area (TPSA) is 75.0 Å². The highest BCUT2D eigenvalue weighted by atomic mass is 16.3. The second-order valence-electron chi connectivity index (χ2n) is 8.34. The summed E-state index contributed by atoms with van der Waals surface area (Å²) >= 11 is 0. The van der Waals surface area contributed by atoms with Gasteiger partial charge in [-0.15, -0.1) is 0 Å². The Balaban J connectivity index is 1.21. The van der Waals surface area contributed by atoms with E-state index in [1.165, 1.54) is 5.56 Å². The fourth-order valence-electron chi connectivity index (χ4n) is 4.54. The van der Waals surface area contributed by atoms with Gasteiger partial charge in [-0.05, 0) is 56.8 Å². The van der Waals surface area contributed by atoms with Crippen molar-refractivity contribution < 1.29 is 5.11 Å². The van der Waals surface area contributed by atoms with E-state index in [4.69, 9.17) is 0 Å². The van der Waals surface area contributed by atoms with Crippen LogP contribution < -0.4 is 10.6 Å². The van der Waals surface area contributed by atoms with Crippen LogP contribution in [0, 0.1) is 5.92 Å². The van der Waals surface area contributed by atoms with Crippen LogP contribution in [0.4, 0.5) is 5.82 Å². The van der Waals surface area contributed by atoms with Crippen molar-refractivity contribution in [3.63, 3.8) is 0 Å². The van der Waals surface area contributed by atoms with Crippen LogP contribution in [-0.2, 0) is 6.42 Å². The lowest BCUT2D eigenvalue weighted by atomic mass is 10.0. The third kappa shape index (κ3) is 5.32. The number of unbranched alkanes of at least 4 members (excludes halogenated alkanes) is 1. The summed E-state index contributed by atoms with van der Waals surface area (Å²) in [6.45, 7) is 2.04. The van der Waals surface area contributed by atoms with Crippen LogP contribution in [0.2, 0.25) is 0 Å². The van der Waals surface area contributed by atoms with Crippen LogP contribution >= 0.6 is 0 Å². The van der Waals surface area contributed by atoms with Crippen LogP contribution in [0.5, 0.6) is 0 Å². The minimum atomic E-state index is -0.298. The molecule has 0 saturated heterocycles. The van der Waals surface area contributed by atoms with Crippen LogP contribution in [0.3, 0.4) is 0 Å². The van der Waals surface area contributed by atoms with Crippen molar-refractivity contribution in [1.29, 1.82) is 0 Å². The molecule has 3 N–H and O–H groups in total. The molecule has 31 heavy (non-hydrogen) atoms. The number of nitrogens with zero attached hydrogens (tertiary/aromatic N) is 3. The summed E-state index contributed by atoms with van der Waals surface area (Å²) in [5.41, 5.74) is 2.31. The molecule has 0 amide bonds. The molecule has 2 aromatic heterocycles. The Bertz CT molecular complexity index is 984. The molecule has 3 aromatic rings. The summed E-state index contributed by atoms with van der Waals surface area (Å²) in [6.07, 6.45) is 12.8. The van der Waals surface area contributed by atoms with E-state index in [0.717, 1.165) is 62.0 Å². The Labute approximate surface area is 184 Å². The number of nitrogens with one attached hydrogen (secondary N) is 2. The number of fused-ring (bicyclic) bond motifs is 1. The molecular formula is C25H33N5O. The van der Waals surface area contributed by atoms with Crippen molar-refractivity contribution in [1.82, 2.24) is 19.9 Å². The molecule has 6 nitrogen and oxygen atoms in total. The van der Waals surface area contributed by atoms with Crippen molar-refractivity contribution in [2.24, 2.45) is 5.92 Å². The predicted molar refractivity (Wildman–Crippen MR) is 126 cm³/mol. The highest BCUT2D eigenvalue weighted by molar-refractivity contribution is 5.87. The quantitative estimate of drug-likeness (QED) is 0.343. The molecule has 1 aliphatic carbocycles. The van der Waals surface area contributed by atoms with Gasteiger partial charge in [0.1, 0.15) is 17.8 Å². The number of allylic oxidation sites excluding steroid dienone is 1. The maximum atomic E-state index is 10.6. The van der Waals surface area contributed by atoms with E-state index in [-0.39, 0.29) is 18.1 Å². The summed E-state index contributed by atoms with van der Waals surface area (Å²) in [6, 6.07) is 12.9. The largest absolute Gasteiger partial charge is 0.392 e. The van der Waals surface area contributed by atoms with Crippen LogP contribution in [-0.4, -0.2) is 45.9 Å². The van der Waals surface area contributed by atoms with Crippen LogP contribution in [0.25, 0.3) is 11.0 Å². The Morgan fingerprint density at radius 3 is 2.84 bits per heavy atom. The summed E-state index contributed by atoms with van der Waals surface area (Å²) < 4.78 is 2.20. The average Bonchev–Trinajstić information content (AvgIpc) is 3.39. The molecule has 2 heterocycles. The summed E-state index contributed by atoms with van der Waals surface area (Å²) in [5, 5.41) is 18.3. The number of aliphatic hydroxyl groups is 1. The zero-order valence-corrected chi connectivity index (χ0v) is 18.2. The molecule has 3 atom stereocenters. The second-order valence-corrected chi connectivity index (χ2v) is 8.34. The van der Waals surface area contributed by atoms with Crippen LogP contribution in [0.1, 0.15) is 37.3 Å². The number of hydrogen-bond acceptors (Lipinski definition) is 5. The zero-order valence-electron chi connectivity index (χ0n) is 18.2. The normalized spacial score (nSPS) is 21.3. The SMILES string of the molecule is CNc1ncnc2c1ccn2[C@H]1C[C@H](O)[C@@H](/C=C/CCCNCCc2ccccc2)C1. The first-order valence-corrected chi connectivity index (χ1v) is 11.3. The van der Waals surface area contributed by atoms with Crippen LogP contribution in [0.15, 0.2) is 61.1 Å². The molecule has 1 saturated carbocycles. The minimum Gasteiger partial charge on any atom is -0.392 e. The van der Waals surface area contributed by atoms with Gasteiger partial charge in [-0.3, -0.25) is 0 Å². The second kappa shape index (κ2) is 10.6. The highest BCUT2D eigenvalue weighted by Crippen LogP contribution is 2.38. The molecule has 1 aromatic carbocycles. The molecule has 0 bridgehead atoms. The first-order valence-electron chi connectivity index (χ1n) is 11.3. The van der Waals surface area contributed by atoms with Crippen molar-refractivity contribution in [2.75, 3.05) is 25.5 Å². The van der Waals surface area contributed by atoms with Gasteiger partial charge in [0.2, 0.25) is 0 Å². The van der Waals surface area contributed by atoms with E-state index in [2.05, 4.69) is 79.9 Å². The monoisotopic (exact) mass is 419 g/mol. The first kappa shape index (κ1) is 21.5. The van der Waals surface area contributed by atoms with Gasteiger partial charge in [0.05, 0.1) is 11.5 Å². The lowest BCUT2D eigenvalue weighted by molar-refractivity contribution is 0.150. The van der Waals surface area contributed by atoms with Crippen molar-refractivity contribution in [3.05, 3.63) is 66.6 Å². The van der Waals surface area contributed by atoms with Gasteiger partial charge in [0.25, 0.3) is 0 Å². The maximum absolute atomic E-state index is 10.6. The van der Waals surface area contributed by atoms with E-state index in [0.29, 0.717) is 0 Å². The fraction of sp³-hybridized carbons (Fsp3) is 0.440. The molecule has 0 spiro atoms. The molecule has 4 rings (SSSR count). The van der Waals surface area contributed by atoms with Crippen molar-refractivity contribution in [2.45, 2.75) is 44.2 Å². The molecular weight excluding hydrogens is 386 g/mol. The smallest absolute Gasteiger partial charge is 0.145 e. The summed E-state index contributed by atoms with van der Waals surface area (Å²) in [7, 11) is 1.87. The molecule has 0 unspecified atom stereocenters. The fourth-order valence-corrected chi connectivity index (χ4v) is 4.54. The highest BCUT2D eigenvalue weighted by Gasteiger charge is 2.33. The minimum absolute atomic E-state index is 0.207. The molecule has 6 heteroatoms. The molecule has 1 fully saturated rings. The molecule has 1 aliphatic rings. The Kier molecular flexibility index (Phi) is 7.33. The lowest BCUT2D eigenvalue weighted by Gasteiger charge is -2.13. The number of benzene rings is 1. The van der Waals surface area contributed by atoms with E-state index in [9.17, 15) is 5.11 Å². The third-order valence-electron chi connectivity index (χ3n) is 6.23. The average molecular weight is 420 g/mol. The number of aromatic nitrogens is 3. The number of rotatable bonds is 10. The summed E-state index contributed by atoms with van der Waals surface area (Å²) in [5.74, 6) is 1.05. The van der Waals surface area contributed by atoms with Gasteiger partial charge in [-0.1, -0.05) is 42.5 Å². The van der Waals surface area contributed by atoms with Gasteiger partial charge >= 0.3 is 0 Å².